The second kappa shape index (κ2) is 7.94. The number of carbonyl (C=O) groups is 2. The van der Waals surface area contributed by atoms with Gasteiger partial charge >= 0.3 is 0 Å². The number of hydrogen-bond donors (Lipinski definition) is 2. The minimum absolute atomic E-state index is 0.300. The van der Waals surface area contributed by atoms with Crippen LogP contribution in [0.3, 0.4) is 0 Å². The quantitative estimate of drug-likeness (QED) is 0.236. The molecule has 0 aliphatic carbocycles. The molecule has 0 spiro atoms. The Labute approximate surface area is 151 Å². The van der Waals surface area contributed by atoms with Crippen molar-refractivity contribution >= 4 is 23.1 Å². The van der Waals surface area contributed by atoms with Gasteiger partial charge in [-0.2, -0.15) is 0 Å². The predicted molar refractivity (Wildman–Crippen MR) is 102 cm³/mol. The smallest absolute Gasteiger partial charge is 0.263 e. The van der Waals surface area contributed by atoms with E-state index in [1.54, 1.807) is 84.9 Å². The monoisotopic (exact) mass is 343 g/mol. The number of hydrogen-bond acceptors (Lipinski definition) is 3. The molecule has 0 fully saturated rings. The van der Waals surface area contributed by atoms with Gasteiger partial charge < -0.3 is 10.4 Å². The maximum atomic E-state index is 12.9. The molecule has 0 bridgehead atoms. The van der Waals surface area contributed by atoms with Gasteiger partial charge in [0.25, 0.3) is 5.91 Å². The number of rotatable bonds is 5. The first-order chi connectivity index (χ1) is 12.7. The summed E-state index contributed by atoms with van der Waals surface area (Å²) in [6.45, 7) is 0. The van der Waals surface area contributed by atoms with Crippen LogP contribution in [0.4, 0.5) is 5.69 Å². The fraction of sp³-hybridized carbons (Fsp3) is 0. The highest BCUT2D eigenvalue weighted by atomic mass is 16.3. The van der Waals surface area contributed by atoms with Gasteiger partial charge in [-0.05, 0) is 12.1 Å². The van der Waals surface area contributed by atoms with Crippen LogP contribution >= 0.6 is 0 Å². The van der Waals surface area contributed by atoms with E-state index in [9.17, 15) is 14.7 Å². The van der Waals surface area contributed by atoms with Crippen molar-refractivity contribution in [2.24, 2.45) is 0 Å². The van der Waals surface area contributed by atoms with Crippen LogP contribution in [0.15, 0.2) is 96.6 Å². The number of ketones is 1. The van der Waals surface area contributed by atoms with Crippen LogP contribution in [0.2, 0.25) is 0 Å². The first-order valence-electron chi connectivity index (χ1n) is 8.11. The van der Waals surface area contributed by atoms with Gasteiger partial charge in [0.1, 0.15) is 11.3 Å². The fourth-order valence-electron chi connectivity index (χ4n) is 2.51. The predicted octanol–water partition coefficient (Wildman–Crippen LogP) is 4.48. The number of aliphatic hydroxyl groups is 1. The molecule has 3 rings (SSSR count). The van der Waals surface area contributed by atoms with E-state index in [1.807, 2.05) is 6.07 Å². The SMILES string of the molecule is O=C(Nc1ccccc1)/C(C(=O)c1ccccc1)=C(\O)c1ccccc1. The number of nitrogens with one attached hydrogen (secondary N) is 1. The Hall–Kier alpha value is -3.66. The first-order valence-corrected chi connectivity index (χ1v) is 8.11. The lowest BCUT2D eigenvalue weighted by atomic mass is 9.98. The fourth-order valence-corrected chi connectivity index (χ4v) is 2.51. The standard InChI is InChI=1S/C22H17NO3/c24-20(16-10-4-1-5-11-16)19(21(25)17-12-6-2-7-13-17)22(26)23-18-14-8-3-9-15-18/h1-15,24H,(H,23,26)/b20-19-. The zero-order valence-electron chi connectivity index (χ0n) is 13.9. The van der Waals surface area contributed by atoms with Crippen LogP contribution in [0.25, 0.3) is 5.76 Å². The molecule has 0 aromatic heterocycles. The Balaban J connectivity index is 2.04. The minimum Gasteiger partial charge on any atom is -0.506 e. The molecule has 4 nitrogen and oxygen atoms in total. The molecule has 0 atom stereocenters. The Bertz CT molecular complexity index is 933. The van der Waals surface area contributed by atoms with Crippen LogP contribution in [-0.2, 0) is 4.79 Å². The Morgan fingerprint density at radius 2 is 1.12 bits per heavy atom. The lowest BCUT2D eigenvalue weighted by molar-refractivity contribution is -0.112. The maximum absolute atomic E-state index is 12.9. The van der Waals surface area contributed by atoms with Crippen molar-refractivity contribution in [1.29, 1.82) is 0 Å². The Morgan fingerprint density at radius 1 is 0.654 bits per heavy atom. The van der Waals surface area contributed by atoms with Crippen molar-refractivity contribution < 1.29 is 14.7 Å². The van der Waals surface area contributed by atoms with E-state index in [0.29, 0.717) is 16.8 Å². The molecule has 0 saturated heterocycles. The minimum atomic E-state index is -0.661. The van der Waals surface area contributed by atoms with E-state index in [-0.39, 0.29) is 11.3 Å². The zero-order valence-corrected chi connectivity index (χ0v) is 13.9. The van der Waals surface area contributed by atoms with Crippen molar-refractivity contribution in [1.82, 2.24) is 0 Å². The second-order valence-electron chi connectivity index (χ2n) is 5.60. The van der Waals surface area contributed by atoms with Crippen molar-refractivity contribution in [3.63, 3.8) is 0 Å². The highest BCUT2D eigenvalue weighted by molar-refractivity contribution is 6.32. The number of Topliss-reactive ketones (excluding diaryl/α,β-unsaturated/α-hetero) is 1. The molecule has 3 aromatic rings. The highest BCUT2D eigenvalue weighted by Gasteiger charge is 2.25. The van der Waals surface area contributed by atoms with Crippen molar-refractivity contribution in [2.45, 2.75) is 0 Å². The van der Waals surface area contributed by atoms with Gasteiger partial charge in [-0.15, -0.1) is 0 Å². The molecule has 1 amide bonds. The summed E-state index contributed by atoms with van der Waals surface area (Å²) in [5.41, 5.74) is 0.964. The van der Waals surface area contributed by atoms with E-state index in [2.05, 4.69) is 5.32 Å². The molecular formula is C22H17NO3. The van der Waals surface area contributed by atoms with Gasteiger partial charge in [0.15, 0.2) is 0 Å². The van der Waals surface area contributed by atoms with E-state index >= 15 is 0 Å². The van der Waals surface area contributed by atoms with E-state index in [0.717, 1.165) is 0 Å². The van der Waals surface area contributed by atoms with Gasteiger partial charge in [0, 0.05) is 16.8 Å². The average Bonchev–Trinajstić information content (AvgIpc) is 2.70. The molecule has 0 saturated carbocycles. The van der Waals surface area contributed by atoms with Gasteiger partial charge in [0.05, 0.1) is 0 Å². The normalized spacial score (nSPS) is 11.4. The van der Waals surface area contributed by atoms with Crippen LogP contribution in [-0.4, -0.2) is 16.8 Å². The largest absolute Gasteiger partial charge is 0.506 e. The van der Waals surface area contributed by atoms with Gasteiger partial charge in [-0.3, -0.25) is 9.59 Å². The lowest BCUT2D eigenvalue weighted by Crippen LogP contribution is -2.22. The molecule has 0 aliphatic rings. The molecule has 4 heteroatoms. The lowest BCUT2D eigenvalue weighted by Gasteiger charge is -2.11. The second-order valence-corrected chi connectivity index (χ2v) is 5.60. The molecule has 3 aromatic carbocycles. The molecule has 26 heavy (non-hydrogen) atoms. The average molecular weight is 343 g/mol. The van der Waals surface area contributed by atoms with Crippen LogP contribution in [0.5, 0.6) is 0 Å². The van der Waals surface area contributed by atoms with Crippen LogP contribution in [0, 0.1) is 0 Å². The third-order valence-corrected chi connectivity index (χ3v) is 3.81. The third kappa shape index (κ3) is 3.87. The number of amides is 1. The summed E-state index contributed by atoms with van der Waals surface area (Å²) in [4.78, 5) is 25.7. The van der Waals surface area contributed by atoms with Crippen LogP contribution in [0.1, 0.15) is 15.9 Å². The molecule has 128 valence electrons. The molecule has 0 radical (unpaired) electrons. The first kappa shape index (κ1) is 17.2. The Kier molecular flexibility index (Phi) is 5.25. The summed E-state index contributed by atoms with van der Waals surface area (Å²) in [7, 11) is 0. The maximum Gasteiger partial charge on any atom is 0.263 e. The van der Waals surface area contributed by atoms with Crippen molar-refractivity contribution in [3.05, 3.63) is 108 Å². The number of aliphatic hydroxyl groups excluding tert-OH is 1. The molecule has 0 aliphatic heterocycles. The topological polar surface area (TPSA) is 66.4 Å². The van der Waals surface area contributed by atoms with Crippen LogP contribution < -0.4 is 5.32 Å². The molecule has 0 heterocycles. The van der Waals surface area contributed by atoms with E-state index in [4.69, 9.17) is 0 Å². The summed E-state index contributed by atoms with van der Waals surface area (Å²) in [5, 5.41) is 13.3. The number of para-hydroxylation sites is 1. The summed E-state index contributed by atoms with van der Waals surface area (Å²) in [5.74, 6) is -1.56. The highest BCUT2D eigenvalue weighted by Crippen LogP contribution is 2.21. The summed E-state index contributed by atoms with van der Waals surface area (Å²) < 4.78 is 0. The molecular weight excluding hydrogens is 326 g/mol. The number of carbonyl (C=O) groups excluding carboxylic acids is 2. The van der Waals surface area contributed by atoms with Gasteiger partial charge in [-0.1, -0.05) is 78.9 Å². The number of benzene rings is 3. The van der Waals surface area contributed by atoms with Gasteiger partial charge in [-0.25, -0.2) is 0 Å². The number of anilines is 1. The summed E-state index contributed by atoms with van der Waals surface area (Å²) in [6, 6.07) is 25.7. The summed E-state index contributed by atoms with van der Waals surface area (Å²) in [6.07, 6.45) is 0. The van der Waals surface area contributed by atoms with E-state index < -0.39 is 11.7 Å². The van der Waals surface area contributed by atoms with Crippen molar-refractivity contribution in [2.75, 3.05) is 5.32 Å². The van der Waals surface area contributed by atoms with E-state index in [1.165, 1.54) is 0 Å². The Morgan fingerprint density at radius 3 is 1.65 bits per heavy atom. The van der Waals surface area contributed by atoms with Gasteiger partial charge in [0.2, 0.25) is 5.78 Å². The third-order valence-electron chi connectivity index (χ3n) is 3.81. The van der Waals surface area contributed by atoms with Crippen molar-refractivity contribution in [3.8, 4) is 0 Å². The summed E-state index contributed by atoms with van der Waals surface area (Å²) >= 11 is 0. The molecule has 2 N–H and O–H groups in total. The molecule has 0 unspecified atom stereocenters. The zero-order chi connectivity index (χ0) is 18.4.